The van der Waals surface area contributed by atoms with Gasteiger partial charge < -0.3 is 11.1 Å². The second-order valence-electron chi connectivity index (χ2n) is 3.55. The number of carbonyl (C=O) groups excluding carboxylic acids is 1. The summed E-state index contributed by atoms with van der Waals surface area (Å²) in [7, 11) is 0. The fourth-order valence-electron chi connectivity index (χ4n) is 1.68. The van der Waals surface area contributed by atoms with Crippen molar-refractivity contribution < 1.29 is 4.79 Å². The minimum Gasteiger partial charge on any atom is -0.393 e. The van der Waals surface area contributed by atoms with E-state index in [1.54, 1.807) is 0 Å². The third-order valence-electron chi connectivity index (χ3n) is 2.31. The number of thiocarbonyl (C=S) groups is 1. The Bertz CT molecular complexity index is 200. The zero-order valence-corrected chi connectivity index (χ0v) is 8.53. The van der Waals surface area contributed by atoms with Gasteiger partial charge in [-0.3, -0.25) is 4.79 Å². The molecule has 0 unspecified atom stereocenters. The topological polar surface area (TPSA) is 55.1 Å². The lowest BCUT2D eigenvalue weighted by Crippen LogP contribution is -2.37. The molecule has 0 atom stereocenters. The number of nitrogens with two attached hydrogens (primary N) is 1. The molecule has 1 aliphatic rings. The van der Waals surface area contributed by atoms with E-state index in [9.17, 15) is 4.79 Å². The van der Waals surface area contributed by atoms with E-state index in [4.69, 9.17) is 5.73 Å². The van der Waals surface area contributed by atoms with Crippen LogP contribution in [0.15, 0.2) is 0 Å². The van der Waals surface area contributed by atoms with E-state index in [1.165, 1.54) is 19.3 Å². The summed E-state index contributed by atoms with van der Waals surface area (Å²) >= 11 is 4.66. The minimum atomic E-state index is -0.0283. The summed E-state index contributed by atoms with van der Waals surface area (Å²) in [5.41, 5.74) is 5.27. The molecular formula is C9H16N2OS. The van der Waals surface area contributed by atoms with Crippen molar-refractivity contribution in [3.05, 3.63) is 0 Å². The van der Waals surface area contributed by atoms with Gasteiger partial charge in [0.1, 0.15) is 0 Å². The van der Waals surface area contributed by atoms with Crippen LogP contribution in [0, 0.1) is 0 Å². The van der Waals surface area contributed by atoms with Crippen LogP contribution in [-0.4, -0.2) is 16.9 Å². The average molecular weight is 200 g/mol. The van der Waals surface area contributed by atoms with Crippen LogP contribution in [0.4, 0.5) is 0 Å². The summed E-state index contributed by atoms with van der Waals surface area (Å²) in [6.07, 6.45) is 6.12. The molecule has 0 aliphatic heterocycles. The van der Waals surface area contributed by atoms with E-state index in [1.807, 2.05) is 0 Å². The molecule has 4 heteroatoms. The molecule has 1 fully saturated rings. The molecule has 1 amide bonds. The Morgan fingerprint density at radius 1 is 1.38 bits per heavy atom. The molecule has 0 aromatic rings. The van der Waals surface area contributed by atoms with E-state index in [2.05, 4.69) is 17.5 Å². The van der Waals surface area contributed by atoms with Crippen molar-refractivity contribution >= 4 is 23.1 Å². The number of hydrogen-bond acceptors (Lipinski definition) is 2. The van der Waals surface area contributed by atoms with Crippen LogP contribution in [0.25, 0.3) is 0 Å². The number of carbonyl (C=O) groups is 1. The maximum atomic E-state index is 11.2. The monoisotopic (exact) mass is 200 g/mol. The fourth-order valence-corrected chi connectivity index (χ4v) is 1.81. The molecule has 0 aromatic carbocycles. The van der Waals surface area contributed by atoms with Crippen LogP contribution < -0.4 is 11.1 Å². The molecule has 0 bridgehead atoms. The molecule has 0 aromatic heterocycles. The Hall–Kier alpha value is -0.640. The van der Waals surface area contributed by atoms with Gasteiger partial charge in [0.15, 0.2) is 0 Å². The van der Waals surface area contributed by atoms with Gasteiger partial charge in [0, 0.05) is 6.04 Å². The summed E-state index contributed by atoms with van der Waals surface area (Å²) in [6, 6.07) is 0.357. The fraction of sp³-hybridized carbons (Fsp3) is 0.778. The quantitative estimate of drug-likeness (QED) is 0.671. The summed E-state index contributed by atoms with van der Waals surface area (Å²) in [6.45, 7) is 0. The van der Waals surface area contributed by atoms with Gasteiger partial charge in [-0.25, -0.2) is 0 Å². The third-order valence-corrected chi connectivity index (χ3v) is 2.45. The first kappa shape index (κ1) is 10.4. The van der Waals surface area contributed by atoms with Gasteiger partial charge >= 0.3 is 0 Å². The zero-order valence-electron chi connectivity index (χ0n) is 7.71. The number of nitrogens with one attached hydrogen (secondary N) is 1. The van der Waals surface area contributed by atoms with Crippen molar-refractivity contribution in [2.75, 3.05) is 0 Å². The van der Waals surface area contributed by atoms with E-state index < -0.39 is 0 Å². The van der Waals surface area contributed by atoms with Gasteiger partial charge in [0.25, 0.3) is 0 Å². The SMILES string of the molecule is NC(=S)CC(=O)NC1CCCCC1. The highest BCUT2D eigenvalue weighted by Gasteiger charge is 2.15. The highest BCUT2D eigenvalue weighted by atomic mass is 32.1. The van der Waals surface area contributed by atoms with Crippen molar-refractivity contribution in [2.45, 2.75) is 44.6 Å². The molecule has 1 saturated carbocycles. The summed E-state index contributed by atoms with van der Waals surface area (Å²) in [4.78, 5) is 11.5. The Labute approximate surface area is 84.1 Å². The summed E-state index contributed by atoms with van der Waals surface area (Å²) in [5, 5.41) is 2.94. The second kappa shape index (κ2) is 5.17. The van der Waals surface area contributed by atoms with E-state index in [0.29, 0.717) is 6.04 Å². The lowest BCUT2D eigenvalue weighted by molar-refractivity contribution is -0.120. The van der Waals surface area contributed by atoms with Crippen LogP contribution >= 0.6 is 12.2 Å². The van der Waals surface area contributed by atoms with Gasteiger partial charge in [-0.05, 0) is 12.8 Å². The van der Waals surface area contributed by atoms with E-state index >= 15 is 0 Å². The number of rotatable bonds is 3. The normalized spacial score (nSPS) is 18.2. The van der Waals surface area contributed by atoms with Gasteiger partial charge in [0.2, 0.25) is 5.91 Å². The van der Waals surface area contributed by atoms with Crippen LogP contribution in [0.3, 0.4) is 0 Å². The Kier molecular flexibility index (Phi) is 4.15. The molecule has 1 aliphatic carbocycles. The molecule has 3 N–H and O–H groups in total. The third kappa shape index (κ3) is 4.22. The Morgan fingerprint density at radius 3 is 2.54 bits per heavy atom. The van der Waals surface area contributed by atoms with Crippen molar-refractivity contribution in [1.82, 2.24) is 5.32 Å². The van der Waals surface area contributed by atoms with Crippen LogP contribution in [0.5, 0.6) is 0 Å². The Balaban J connectivity index is 2.22. The molecule has 1 rings (SSSR count). The average Bonchev–Trinajstić information content (AvgIpc) is 2.04. The van der Waals surface area contributed by atoms with Crippen LogP contribution in [0.2, 0.25) is 0 Å². The van der Waals surface area contributed by atoms with Crippen LogP contribution in [0.1, 0.15) is 38.5 Å². The van der Waals surface area contributed by atoms with Gasteiger partial charge in [-0.2, -0.15) is 0 Å². The van der Waals surface area contributed by atoms with Gasteiger partial charge in [0.05, 0.1) is 11.4 Å². The molecule has 74 valence electrons. The molecule has 13 heavy (non-hydrogen) atoms. The van der Waals surface area contributed by atoms with Crippen molar-refractivity contribution in [3.63, 3.8) is 0 Å². The Morgan fingerprint density at radius 2 is 2.00 bits per heavy atom. The highest BCUT2D eigenvalue weighted by Crippen LogP contribution is 2.17. The van der Waals surface area contributed by atoms with Crippen molar-refractivity contribution in [2.24, 2.45) is 5.73 Å². The first-order chi connectivity index (χ1) is 6.18. The van der Waals surface area contributed by atoms with Gasteiger partial charge in [-0.1, -0.05) is 31.5 Å². The predicted octanol–water partition coefficient (Wildman–Crippen LogP) is 1.11. The van der Waals surface area contributed by atoms with Crippen LogP contribution in [-0.2, 0) is 4.79 Å². The summed E-state index contributed by atoms with van der Waals surface area (Å²) < 4.78 is 0. The van der Waals surface area contributed by atoms with E-state index in [-0.39, 0.29) is 17.3 Å². The highest BCUT2D eigenvalue weighted by molar-refractivity contribution is 7.80. The smallest absolute Gasteiger partial charge is 0.227 e. The van der Waals surface area contributed by atoms with Crippen molar-refractivity contribution in [3.8, 4) is 0 Å². The first-order valence-electron chi connectivity index (χ1n) is 4.76. The lowest BCUT2D eigenvalue weighted by atomic mass is 9.95. The standard InChI is InChI=1S/C9H16N2OS/c10-8(13)6-9(12)11-7-4-2-1-3-5-7/h7H,1-6H2,(H2,10,13)(H,11,12). The number of amides is 1. The molecule has 0 radical (unpaired) electrons. The van der Waals surface area contributed by atoms with Gasteiger partial charge in [-0.15, -0.1) is 0 Å². The lowest BCUT2D eigenvalue weighted by Gasteiger charge is -2.22. The number of hydrogen-bond donors (Lipinski definition) is 2. The summed E-state index contributed by atoms with van der Waals surface area (Å²) in [5.74, 6) is -0.0283. The maximum Gasteiger partial charge on any atom is 0.227 e. The molecule has 0 saturated heterocycles. The zero-order chi connectivity index (χ0) is 9.68. The molecular weight excluding hydrogens is 184 g/mol. The maximum absolute atomic E-state index is 11.2. The largest absolute Gasteiger partial charge is 0.393 e. The molecule has 0 heterocycles. The predicted molar refractivity (Wildman–Crippen MR) is 56.4 cm³/mol. The minimum absolute atomic E-state index is 0.0283. The van der Waals surface area contributed by atoms with E-state index in [0.717, 1.165) is 12.8 Å². The second-order valence-corrected chi connectivity index (χ2v) is 4.07. The molecule has 0 spiro atoms. The van der Waals surface area contributed by atoms with Crippen molar-refractivity contribution in [1.29, 1.82) is 0 Å². The first-order valence-corrected chi connectivity index (χ1v) is 5.17. The molecule has 3 nitrogen and oxygen atoms in total.